The first-order valence-corrected chi connectivity index (χ1v) is 9.73. The number of unbranched alkanes of at least 4 members (excludes halogenated alkanes) is 1. The monoisotopic (exact) mass is 543 g/mol. The average Bonchev–Trinajstić information content (AvgIpc) is 2.71. The predicted molar refractivity (Wildman–Crippen MR) is 106 cm³/mol. The van der Waals surface area contributed by atoms with Crippen LogP contribution in [-0.4, -0.2) is 29.7 Å². The van der Waals surface area contributed by atoms with Gasteiger partial charge in [0.2, 0.25) is 0 Å². The van der Waals surface area contributed by atoms with E-state index >= 15 is 0 Å². The van der Waals surface area contributed by atoms with Gasteiger partial charge in [0.05, 0.1) is 15.6 Å². The Kier molecular flexibility index (Phi) is 6.57. The van der Waals surface area contributed by atoms with Gasteiger partial charge in [-0.3, -0.25) is 14.5 Å². The highest BCUT2D eigenvalue weighted by atomic mass is 127. The number of methoxy groups -OCH3 is 1. The van der Waals surface area contributed by atoms with Crippen molar-refractivity contribution in [2.75, 3.05) is 13.7 Å². The Hall–Kier alpha value is -0.290. The van der Waals surface area contributed by atoms with Gasteiger partial charge >= 0.3 is 0 Å². The third-order valence-corrected chi connectivity index (χ3v) is 5.47. The summed E-state index contributed by atoms with van der Waals surface area (Å²) in [5, 5.41) is -0.191. The fraction of sp³-hybridized carbons (Fsp3) is 0.333. The number of carbonyl (C=O) groups excluding carboxylic acids is 2. The molecule has 22 heavy (non-hydrogen) atoms. The number of rotatable bonds is 5. The van der Waals surface area contributed by atoms with Crippen LogP contribution in [0.25, 0.3) is 6.08 Å². The van der Waals surface area contributed by atoms with Crippen LogP contribution in [0.4, 0.5) is 4.79 Å². The minimum atomic E-state index is -0.209. The van der Waals surface area contributed by atoms with Crippen LogP contribution in [-0.2, 0) is 4.79 Å². The highest BCUT2D eigenvalue weighted by Crippen LogP contribution is 2.36. The molecule has 1 aliphatic heterocycles. The zero-order chi connectivity index (χ0) is 16.3. The molecule has 2 rings (SSSR count). The van der Waals surface area contributed by atoms with Gasteiger partial charge in [0.1, 0.15) is 5.75 Å². The average molecular weight is 543 g/mol. The number of nitrogens with zero attached hydrogens (tertiary/aromatic N) is 1. The van der Waals surface area contributed by atoms with Crippen LogP contribution < -0.4 is 4.74 Å². The van der Waals surface area contributed by atoms with Crippen molar-refractivity contribution in [1.29, 1.82) is 0 Å². The number of carbonyl (C=O) groups is 2. The Morgan fingerprint density at radius 1 is 1.32 bits per heavy atom. The molecule has 4 nitrogen and oxygen atoms in total. The molecule has 1 aromatic rings. The van der Waals surface area contributed by atoms with Gasteiger partial charge in [0.15, 0.2) is 0 Å². The van der Waals surface area contributed by atoms with E-state index < -0.39 is 0 Å². The number of thioether (sulfide) groups is 1. The van der Waals surface area contributed by atoms with Gasteiger partial charge in [-0.15, -0.1) is 0 Å². The Bertz CT molecular complexity index is 646. The molecule has 7 heteroatoms. The third kappa shape index (κ3) is 3.97. The van der Waals surface area contributed by atoms with Crippen molar-refractivity contribution < 1.29 is 14.3 Å². The minimum Gasteiger partial charge on any atom is -0.495 e. The maximum atomic E-state index is 12.4. The summed E-state index contributed by atoms with van der Waals surface area (Å²) in [5.74, 6) is 0.515. The van der Waals surface area contributed by atoms with Gasteiger partial charge in [0.25, 0.3) is 11.1 Å². The standard InChI is InChI=1S/C15H15I2NO3S/c1-3-4-5-18-14(19)12(22-15(18)20)7-9-6-10(16)8-11(17)13(9)21-2/h6-8H,3-5H2,1-2H3/b12-7-. The maximum absolute atomic E-state index is 12.4. The smallest absolute Gasteiger partial charge is 0.293 e. The van der Waals surface area contributed by atoms with Crippen LogP contribution in [0.5, 0.6) is 5.75 Å². The number of hydrogen-bond acceptors (Lipinski definition) is 4. The number of ether oxygens (including phenoxy) is 1. The van der Waals surface area contributed by atoms with Crippen LogP contribution in [0, 0.1) is 7.14 Å². The minimum absolute atomic E-state index is 0.191. The number of hydrogen-bond donors (Lipinski definition) is 0. The fourth-order valence-electron chi connectivity index (χ4n) is 2.05. The molecular weight excluding hydrogens is 528 g/mol. The first kappa shape index (κ1) is 18.1. The Labute approximate surface area is 161 Å². The third-order valence-electron chi connectivity index (χ3n) is 3.14. The number of amides is 2. The maximum Gasteiger partial charge on any atom is 0.293 e. The van der Waals surface area contributed by atoms with E-state index in [-0.39, 0.29) is 11.1 Å². The molecule has 0 atom stereocenters. The molecule has 0 aromatic heterocycles. The summed E-state index contributed by atoms with van der Waals surface area (Å²) in [4.78, 5) is 26.1. The highest BCUT2D eigenvalue weighted by Gasteiger charge is 2.34. The molecule has 2 amide bonds. The van der Waals surface area contributed by atoms with Crippen molar-refractivity contribution in [2.45, 2.75) is 19.8 Å². The Morgan fingerprint density at radius 2 is 2.05 bits per heavy atom. The van der Waals surface area contributed by atoms with E-state index in [4.69, 9.17) is 4.74 Å². The van der Waals surface area contributed by atoms with E-state index in [1.807, 2.05) is 19.1 Å². The van der Waals surface area contributed by atoms with Gasteiger partial charge in [-0.2, -0.15) is 0 Å². The molecule has 1 aliphatic rings. The van der Waals surface area contributed by atoms with Crippen molar-refractivity contribution in [3.05, 3.63) is 29.7 Å². The second kappa shape index (κ2) is 8.00. The van der Waals surface area contributed by atoms with E-state index in [0.29, 0.717) is 11.4 Å². The van der Waals surface area contributed by atoms with E-state index in [0.717, 1.165) is 43.1 Å². The van der Waals surface area contributed by atoms with Gasteiger partial charge in [-0.1, -0.05) is 13.3 Å². The van der Waals surface area contributed by atoms with Crippen molar-refractivity contribution >= 4 is 74.2 Å². The summed E-state index contributed by atoms with van der Waals surface area (Å²) in [6, 6.07) is 3.95. The van der Waals surface area contributed by atoms with E-state index in [2.05, 4.69) is 45.2 Å². The van der Waals surface area contributed by atoms with Crippen LogP contribution >= 0.6 is 56.9 Å². The van der Waals surface area contributed by atoms with Crippen molar-refractivity contribution in [3.8, 4) is 5.75 Å². The van der Waals surface area contributed by atoms with Crippen LogP contribution in [0.1, 0.15) is 25.3 Å². The molecule has 1 heterocycles. The molecule has 0 saturated carbocycles. The lowest BCUT2D eigenvalue weighted by atomic mass is 10.2. The van der Waals surface area contributed by atoms with Crippen molar-refractivity contribution in [2.24, 2.45) is 0 Å². The number of benzene rings is 1. The number of imide groups is 1. The highest BCUT2D eigenvalue weighted by molar-refractivity contribution is 14.1. The molecule has 0 bridgehead atoms. The summed E-state index contributed by atoms with van der Waals surface area (Å²) in [6.07, 6.45) is 3.53. The van der Waals surface area contributed by atoms with E-state index in [1.165, 1.54) is 4.90 Å². The summed E-state index contributed by atoms with van der Waals surface area (Å²) >= 11 is 5.42. The van der Waals surface area contributed by atoms with Gasteiger partial charge in [0, 0.05) is 15.7 Å². The van der Waals surface area contributed by atoms with Crippen molar-refractivity contribution in [1.82, 2.24) is 4.90 Å². The van der Waals surface area contributed by atoms with Gasteiger partial charge < -0.3 is 4.74 Å². The lowest BCUT2D eigenvalue weighted by molar-refractivity contribution is -0.122. The molecule has 1 fully saturated rings. The molecule has 0 spiro atoms. The summed E-state index contributed by atoms with van der Waals surface area (Å²) < 4.78 is 7.45. The molecule has 1 saturated heterocycles. The zero-order valence-electron chi connectivity index (χ0n) is 12.2. The first-order chi connectivity index (χ1) is 10.5. The van der Waals surface area contributed by atoms with Crippen LogP contribution in [0.3, 0.4) is 0 Å². The van der Waals surface area contributed by atoms with Gasteiger partial charge in [-0.05, 0) is 81.6 Å². The summed E-state index contributed by atoms with van der Waals surface area (Å²) in [7, 11) is 1.61. The lowest BCUT2D eigenvalue weighted by Gasteiger charge is -2.11. The first-order valence-electron chi connectivity index (χ1n) is 6.76. The van der Waals surface area contributed by atoms with Crippen LogP contribution in [0.15, 0.2) is 17.0 Å². The van der Waals surface area contributed by atoms with Crippen LogP contribution in [0.2, 0.25) is 0 Å². The Balaban J connectivity index is 2.35. The SMILES string of the molecule is CCCCN1C(=O)S/C(=C\c2cc(I)cc(I)c2OC)C1=O. The molecule has 0 unspecified atom stereocenters. The van der Waals surface area contributed by atoms with Crippen molar-refractivity contribution in [3.63, 3.8) is 0 Å². The van der Waals surface area contributed by atoms with E-state index in [1.54, 1.807) is 13.2 Å². The molecule has 1 aromatic carbocycles. The predicted octanol–water partition coefficient (Wildman–Crippen LogP) is 4.74. The van der Waals surface area contributed by atoms with E-state index in [9.17, 15) is 9.59 Å². The molecule has 0 radical (unpaired) electrons. The zero-order valence-corrected chi connectivity index (χ0v) is 17.3. The molecular formula is C15H15I2NO3S. The second-order valence-electron chi connectivity index (χ2n) is 4.70. The quantitative estimate of drug-likeness (QED) is 0.398. The second-order valence-corrected chi connectivity index (χ2v) is 8.10. The Morgan fingerprint density at radius 3 is 2.68 bits per heavy atom. The lowest BCUT2D eigenvalue weighted by Crippen LogP contribution is -2.29. The topological polar surface area (TPSA) is 46.6 Å². The normalized spacial score (nSPS) is 16.7. The summed E-state index contributed by atoms with van der Waals surface area (Å²) in [6.45, 7) is 2.52. The molecule has 0 N–H and O–H groups in total. The number of halogens is 2. The molecule has 118 valence electrons. The largest absolute Gasteiger partial charge is 0.495 e. The fourth-order valence-corrected chi connectivity index (χ4v) is 5.02. The summed E-state index contributed by atoms with van der Waals surface area (Å²) in [5.41, 5.74) is 0.819. The van der Waals surface area contributed by atoms with Gasteiger partial charge in [-0.25, -0.2) is 0 Å². The molecule has 0 aliphatic carbocycles.